The molecule has 0 bridgehead atoms. The second-order valence-corrected chi connectivity index (χ2v) is 6.78. The van der Waals surface area contributed by atoms with Crippen molar-refractivity contribution in [2.45, 2.75) is 16.2 Å². The molecule has 1 N–H and O–H groups in total. The van der Waals surface area contributed by atoms with Crippen LogP contribution in [0.5, 0.6) is 5.75 Å². The number of hydrogen-bond acceptors (Lipinski definition) is 6. The number of sulfone groups is 1. The molecule has 0 aliphatic carbocycles. The Hall–Kier alpha value is -2.03. The fourth-order valence-corrected chi connectivity index (χ4v) is 3.63. The molecule has 8 heteroatoms. The maximum Gasteiger partial charge on any atom is 0.206 e. The van der Waals surface area contributed by atoms with E-state index in [0.717, 1.165) is 5.56 Å². The second kappa shape index (κ2) is 6.61. The second-order valence-electron chi connectivity index (χ2n) is 4.83. The standard InChI is InChI=1S/C15H15NO5S.B/c1-20-12-2-4-13(5-3-12)22(18,19)14-6-7-15-11(10-14)8-9-21-16(15)17;/h2-7,10,17H,8-9H2,1H3;. The maximum atomic E-state index is 12.7. The molecule has 0 aromatic heterocycles. The molecule has 23 heavy (non-hydrogen) atoms. The van der Waals surface area contributed by atoms with E-state index < -0.39 is 9.84 Å². The highest BCUT2D eigenvalue weighted by molar-refractivity contribution is 7.91. The summed E-state index contributed by atoms with van der Waals surface area (Å²) in [5.74, 6) is 0.595. The van der Waals surface area contributed by atoms with Crippen molar-refractivity contribution in [2.75, 3.05) is 18.9 Å². The molecule has 0 atom stereocenters. The van der Waals surface area contributed by atoms with Crippen LogP contribution in [0.4, 0.5) is 5.69 Å². The Balaban J connectivity index is 0.00000192. The largest absolute Gasteiger partial charge is 0.497 e. The zero-order valence-corrected chi connectivity index (χ0v) is 13.3. The summed E-state index contributed by atoms with van der Waals surface area (Å²) < 4.78 is 30.3. The van der Waals surface area contributed by atoms with Gasteiger partial charge in [0, 0.05) is 14.8 Å². The predicted molar refractivity (Wildman–Crippen MR) is 84.6 cm³/mol. The van der Waals surface area contributed by atoms with Crippen molar-refractivity contribution in [3.63, 3.8) is 0 Å². The van der Waals surface area contributed by atoms with Crippen LogP contribution in [0.1, 0.15) is 5.56 Å². The number of benzene rings is 2. The van der Waals surface area contributed by atoms with Crippen molar-refractivity contribution in [3.8, 4) is 5.75 Å². The summed E-state index contributed by atoms with van der Waals surface area (Å²) in [7, 11) is -2.09. The third-order valence-electron chi connectivity index (χ3n) is 3.52. The molecule has 1 aliphatic rings. The molecule has 1 heterocycles. The lowest BCUT2D eigenvalue weighted by Crippen LogP contribution is -2.26. The van der Waals surface area contributed by atoms with Gasteiger partial charge >= 0.3 is 0 Å². The van der Waals surface area contributed by atoms with E-state index in [9.17, 15) is 13.6 Å². The highest BCUT2D eigenvalue weighted by atomic mass is 32.2. The van der Waals surface area contributed by atoms with E-state index in [1.807, 2.05) is 0 Å². The topological polar surface area (TPSA) is 76.1 Å². The summed E-state index contributed by atoms with van der Waals surface area (Å²) in [5, 5.41) is 10.2. The predicted octanol–water partition coefficient (Wildman–Crippen LogP) is 1.83. The fourth-order valence-electron chi connectivity index (χ4n) is 2.32. The average Bonchev–Trinajstić information content (AvgIpc) is 2.55. The Morgan fingerprint density at radius 2 is 1.78 bits per heavy atom. The number of anilines is 1. The van der Waals surface area contributed by atoms with Gasteiger partial charge in [-0.05, 0) is 48.0 Å². The first-order valence-corrected chi connectivity index (χ1v) is 8.14. The summed E-state index contributed by atoms with van der Waals surface area (Å²) in [6.45, 7) is 0.301. The van der Waals surface area contributed by atoms with Gasteiger partial charge in [-0.1, -0.05) is 0 Å². The van der Waals surface area contributed by atoms with E-state index in [0.29, 0.717) is 29.7 Å². The molecule has 2 aromatic rings. The van der Waals surface area contributed by atoms with Crippen LogP contribution in [0.3, 0.4) is 0 Å². The third-order valence-corrected chi connectivity index (χ3v) is 5.29. The maximum absolute atomic E-state index is 12.7. The molecule has 3 radical (unpaired) electrons. The summed E-state index contributed by atoms with van der Waals surface area (Å²) in [4.78, 5) is 5.35. The van der Waals surface area contributed by atoms with E-state index in [4.69, 9.17) is 9.57 Å². The van der Waals surface area contributed by atoms with Gasteiger partial charge in [0.2, 0.25) is 9.84 Å². The Morgan fingerprint density at radius 1 is 1.13 bits per heavy atom. The lowest BCUT2D eigenvalue weighted by molar-refractivity contribution is -0.0473. The molecule has 0 saturated carbocycles. The van der Waals surface area contributed by atoms with Crippen molar-refractivity contribution in [3.05, 3.63) is 48.0 Å². The van der Waals surface area contributed by atoms with E-state index in [2.05, 4.69) is 0 Å². The van der Waals surface area contributed by atoms with Crippen LogP contribution in [0.2, 0.25) is 0 Å². The lowest BCUT2D eigenvalue weighted by Gasteiger charge is -2.24. The Kier molecular flexibility index (Phi) is 4.98. The Morgan fingerprint density at radius 3 is 2.43 bits per heavy atom. The first-order valence-electron chi connectivity index (χ1n) is 6.66. The number of hydrogen-bond donors (Lipinski definition) is 1. The third kappa shape index (κ3) is 3.19. The number of rotatable bonds is 3. The van der Waals surface area contributed by atoms with Crippen LogP contribution in [0, 0.1) is 0 Å². The smallest absolute Gasteiger partial charge is 0.206 e. The Bertz CT molecular complexity index is 792. The van der Waals surface area contributed by atoms with E-state index in [-0.39, 0.29) is 18.2 Å². The van der Waals surface area contributed by atoms with Crippen molar-refractivity contribution >= 4 is 23.9 Å². The van der Waals surface area contributed by atoms with E-state index >= 15 is 0 Å². The van der Waals surface area contributed by atoms with Crippen molar-refractivity contribution < 1.29 is 23.2 Å². The van der Waals surface area contributed by atoms with E-state index in [1.165, 1.54) is 31.4 Å². The summed E-state index contributed by atoms with van der Waals surface area (Å²) in [6.07, 6.45) is 0.540. The van der Waals surface area contributed by atoms with Crippen LogP contribution in [0.25, 0.3) is 0 Å². The van der Waals surface area contributed by atoms with Gasteiger partial charge in [0.25, 0.3) is 0 Å². The van der Waals surface area contributed by atoms with Gasteiger partial charge in [-0.25, -0.2) is 13.3 Å². The van der Waals surface area contributed by atoms with Crippen LogP contribution in [0.15, 0.2) is 52.3 Å². The van der Waals surface area contributed by atoms with Gasteiger partial charge in [0.05, 0.1) is 29.2 Å². The molecular formula is C15H15BNO5S. The Labute approximate surface area is 136 Å². The highest BCUT2D eigenvalue weighted by Gasteiger charge is 2.22. The zero-order chi connectivity index (χ0) is 15.7. The molecule has 0 amide bonds. The molecule has 1 aliphatic heterocycles. The van der Waals surface area contributed by atoms with Crippen LogP contribution in [-0.2, 0) is 21.1 Å². The minimum atomic E-state index is -3.61. The normalized spacial score (nSPS) is 13.9. The summed E-state index contributed by atoms with van der Waals surface area (Å²) >= 11 is 0. The van der Waals surface area contributed by atoms with Crippen molar-refractivity contribution in [1.29, 1.82) is 0 Å². The number of fused-ring (bicyclic) bond motifs is 1. The zero-order valence-electron chi connectivity index (χ0n) is 12.5. The monoisotopic (exact) mass is 332 g/mol. The van der Waals surface area contributed by atoms with Crippen LogP contribution in [-0.4, -0.2) is 35.8 Å². The minimum Gasteiger partial charge on any atom is -0.497 e. The number of nitrogens with zero attached hydrogens (tertiary/aromatic N) is 1. The molecule has 0 saturated heterocycles. The summed E-state index contributed by atoms with van der Waals surface area (Å²) in [5.41, 5.74) is 1.18. The minimum absolute atomic E-state index is 0. The van der Waals surface area contributed by atoms with Crippen molar-refractivity contribution in [1.82, 2.24) is 0 Å². The molecule has 119 valence electrons. The molecule has 0 fully saturated rings. The van der Waals surface area contributed by atoms with Crippen LogP contribution < -0.4 is 9.96 Å². The SMILES string of the molecule is COc1ccc(S(=O)(=O)c2ccc3c(c2)CCON3O)cc1.[B]. The molecule has 3 rings (SSSR count). The number of methoxy groups -OCH3 is 1. The van der Waals surface area contributed by atoms with Gasteiger partial charge < -0.3 is 4.74 Å². The van der Waals surface area contributed by atoms with Gasteiger partial charge in [-0.3, -0.25) is 5.21 Å². The van der Waals surface area contributed by atoms with Crippen LogP contribution >= 0.6 is 0 Å². The quantitative estimate of drug-likeness (QED) is 0.865. The molecular weight excluding hydrogens is 317 g/mol. The lowest BCUT2D eigenvalue weighted by atomic mass is 10.1. The summed E-state index contributed by atoms with van der Waals surface area (Å²) in [6, 6.07) is 10.8. The molecule has 0 spiro atoms. The molecule has 6 nitrogen and oxygen atoms in total. The first kappa shape index (κ1) is 17.3. The number of ether oxygens (including phenoxy) is 1. The molecule has 2 aromatic carbocycles. The first-order chi connectivity index (χ1) is 10.5. The highest BCUT2D eigenvalue weighted by Crippen LogP contribution is 2.30. The fraction of sp³-hybridized carbons (Fsp3) is 0.200. The van der Waals surface area contributed by atoms with Gasteiger partial charge in [0.1, 0.15) is 5.75 Å². The van der Waals surface area contributed by atoms with E-state index in [1.54, 1.807) is 18.2 Å². The van der Waals surface area contributed by atoms with Crippen molar-refractivity contribution in [2.24, 2.45) is 0 Å². The molecule has 0 unspecified atom stereocenters. The van der Waals surface area contributed by atoms with Gasteiger partial charge in [0.15, 0.2) is 0 Å². The van der Waals surface area contributed by atoms with Gasteiger partial charge in [-0.15, -0.1) is 5.23 Å². The van der Waals surface area contributed by atoms with Gasteiger partial charge in [-0.2, -0.15) is 0 Å². The average molecular weight is 332 g/mol.